The molecule has 41 heavy (non-hydrogen) atoms. The van der Waals surface area contributed by atoms with E-state index in [1.165, 1.54) is 22.0 Å². The molecule has 5 aromatic carbocycles. The summed E-state index contributed by atoms with van der Waals surface area (Å²) in [5.74, 6) is 0. The van der Waals surface area contributed by atoms with Gasteiger partial charge in [0, 0.05) is 22.1 Å². The summed E-state index contributed by atoms with van der Waals surface area (Å²) in [6.45, 7) is 0. The van der Waals surface area contributed by atoms with Crippen LogP contribution in [0, 0.1) is 0 Å². The van der Waals surface area contributed by atoms with Crippen molar-refractivity contribution in [3.8, 4) is 44.8 Å². The van der Waals surface area contributed by atoms with Crippen LogP contribution in [0.1, 0.15) is 0 Å². The van der Waals surface area contributed by atoms with E-state index in [9.17, 15) is 0 Å². The van der Waals surface area contributed by atoms with Gasteiger partial charge in [-0.3, -0.25) is 4.98 Å². The standard InChI is InChI=1S/C38H25N3/c1-3-12-26(13-4-1)30-23-33(27-14-5-2-6-15-27)40-34(24-30)28-16-11-17-29(22-28)38-31-18-7-9-20-35(31)41-36-21-10-8-19-32(36)39-25-37(38)41/h1-25H. The van der Waals surface area contributed by atoms with Gasteiger partial charge in [0.25, 0.3) is 0 Å². The molecule has 0 aliphatic carbocycles. The highest BCUT2D eigenvalue weighted by molar-refractivity contribution is 6.08. The van der Waals surface area contributed by atoms with Gasteiger partial charge in [-0.15, -0.1) is 0 Å². The van der Waals surface area contributed by atoms with E-state index in [1.54, 1.807) is 0 Å². The van der Waals surface area contributed by atoms with Crippen molar-refractivity contribution in [1.29, 1.82) is 0 Å². The first-order valence-electron chi connectivity index (χ1n) is 13.8. The fraction of sp³-hybridized carbons (Fsp3) is 0. The highest BCUT2D eigenvalue weighted by atomic mass is 14.9. The third-order valence-corrected chi connectivity index (χ3v) is 7.81. The third-order valence-electron chi connectivity index (χ3n) is 7.81. The van der Waals surface area contributed by atoms with E-state index in [1.807, 2.05) is 18.3 Å². The Bertz CT molecular complexity index is 2140. The molecule has 0 N–H and O–H groups in total. The van der Waals surface area contributed by atoms with E-state index in [0.29, 0.717) is 0 Å². The molecule has 3 nitrogen and oxygen atoms in total. The molecule has 0 bridgehead atoms. The van der Waals surface area contributed by atoms with Crippen molar-refractivity contribution >= 4 is 27.5 Å². The minimum absolute atomic E-state index is 0.948. The molecule has 8 aromatic rings. The first-order valence-corrected chi connectivity index (χ1v) is 13.8. The van der Waals surface area contributed by atoms with Crippen LogP contribution >= 0.6 is 0 Å². The Morgan fingerprint density at radius 3 is 1.83 bits per heavy atom. The van der Waals surface area contributed by atoms with E-state index in [-0.39, 0.29) is 0 Å². The first-order chi connectivity index (χ1) is 20.3. The second kappa shape index (κ2) is 9.58. The monoisotopic (exact) mass is 523 g/mol. The van der Waals surface area contributed by atoms with Gasteiger partial charge in [0.1, 0.15) is 0 Å². The molecule has 3 heterocycles. The van der Waals surface area contributed by atoms with Crippen LogP contribution in [0.15, 0.2) is 152 Å². The van der Waals surface area contributed by atoms with Gasteiger partial charge >= 0.3 is 0 Å². The summed E-state index contributed by atoms with van der Waals surface area (Å²) >= 11 is 0. The summed E-state index contributed by atoms with van der Waals surface area (Å²) in [7, 11) is 0. The second-order valence-corrected chi connectivity index (χ2v) is 10.3. The predicted octanol–water partition coefficient (Wildman–Crippen LogP) is 9.70. The SMILES string of the molecule is c1ccc(-c2cc(-c3ccccc3)nc(-c3cccc(-c4c5ccccc5n5c4cnc4ccccc45)c3)c2)cc1. The van der Waals surface area contributed by atoms with Gasteiger partial charge in [0.05, 0.1) is 39.7 Å². The van der Waals surface area contributed by atoms with Crippen LogP contribution in [0.3, 0.4) is 0 Å². The maximum Gasteiger partial charge on any atom is 0.0871 e. The lowest BCUT2D eigenvalue weighted by Crippen LogP contribution is -1.92. The van der Waals surface area contributed by atoms with Gasteiger partial charge in [-0.25, -0.2) is 4.98 Å². The molecule has 0 aliphatic heterocycles. The van der Waals surface area contributed by atoms with Gasteiger partial charge in [0.2, 0.25) is 0 Å². The second-order valence-electron chi connectivity index (χ2n) is 10.3. The maximum absolute atomic E-state index is 5.17. The lowest BCUT2D eigenvalue weighted by molar-refractivity contribution is 1.27. The van der Waals surface area contributed by atoms with Gasteiger partial charge < -0.3 is 4.40 Å². The molecule has 0 radical (unpaired) electrons. The lowest BCUT2D eigenvalue weighted by Gasteiger charge is -2.11. The summed E-state index contributed by atoms with van der Waals surface area (Å²) in [6, 6.07) is 51.0. The average molecular weight is 524 g/mol. The minimum atomic E-state index is 0.948. The van der Waals surface area contributed by atoms with E-state index in [2.05, 4.69) is 138 Å². The molecule has 0 saturated carbocycles. The Kier molecular flexibility index (Phi) is 5.46. The molecular weight excluding hydrogens is 498 g/mol. The number of fused-ring (bicyclic) bond motifs is 5. The summed E-state index contributed by atoms with van der Waals surface area (Å²) in [5.41, 5.74) is 13.1. The number of benzene rings is 5. The number of pyridine rings is 1. The number of para-hydroxylation sites is 3. The van der Waals surface area contributed by atoms with Crippen LogP contribution in [0.2, 0.25) is 0 Å². The summed E-state index contributed by atoms with van der Waals surface area (Å²) < 4.78 is 2.33. The fourth-order valence-corrected chi connectivity index (χ4v) is 5.90. The van der Waals surface area contributed by atoms with Crippen molar-refractivity contribution in [2.45, 2.75) is 0 Å². The van der Waals surface area contributed by atoms with Crippen molar-refractivity contribution in [3.63, 3.8) is 0 Å². The quantitative estimate of drug-likeness (QED) is 0.230. The van der Waals surface area contributed by atoms with Crippen LogP contribution in [0.4, 0.5) is 0 Å². The van der Waals surface area contributed by atoms with E-state index in [4.69, 9.17) is 9.97 Å². The Balaban J connectivity index is 1.35. The highest BCUT2D eigenvalue weighted by Crippen LogP contribution is 2.39. The van der Waals surface area contributed by atoms with Gasteiger partial charge in [-0.1, -0.05) is 109 Å². The third kappa shape index (κ3) is 3.98. The van der Waals surface area contributed by atoms with Gasteiger partial charge in [-0.2, -0.15) is 0 Å². The van der Waals surface area contributed by atoms with Crippen molar-refractivity contribution in [2.75, 3.05) is 0 Å². The van der Waals surface area contributed by atoms with Crippen LogP contribution < -0.4 is 0 Å². The highest BCUT2D eigenvalue weighted by Gasteiger charge is 2.17. The molecular formula is C38H25N3. The van der Waals surface area contributed by atoms with Crippen molar-refractivity contribution in [2.24, 2.45) is 0 Å². The number of hydrogen-bond acceptors (Lipinski definition) is 2. The molecule has 0 atom stereocenters. The Morgan fingerprint density at radius 1 is 0.415 bits per heavy atom. The average Bonchev–Trinajstić information content (AvgIpc) is 3.40. The molecule has 8 rings (SSSR count). The normalized spacial score (nSPS) is 11.4. The number of rotatable bonds is 4. The van der Waals surface area contributed by atoms with E-state index in [0.717, 1.165) is 50.2 Å². The molecule has 3 aromatic heterocycles. The number of nitrogens with zero attached hydrogens (tertiary/aromatic N) is 3. The molecule has 0 spiro atoms. The topological polar surface area (TPSA) is 30.2 Å². The largest absolute Gasteiger partial charge is 0.306 e. The smallest absolute Gasteiger partial charge is 0.0871 e. The number of hydrogen-bond donors (Lipinski definition) is 0. The van der Waals surface area contributed by atoms with Gasteiger partial charge in [0.15, 0.2) is 0 Å². The molecule has 0 fully saturated rings. The molecule has 3 heteroatoms. The van der Waals surface area contributed by atoms with Crippen molar-refractivity contribution < 1.29 is 0 Å². The lowest BCUT2D eigenvalue weighted by atomic mass is 9.97. The van der Waals surface area contributed by atoms with Crippen molar-refractivity contribution in [1.82, 2.24) is 14.4 Å². The Morgan fingerprint density at radius 2 is 1.02 bits per heavy atom. The van der Waals surface area contributed by atoms with Gasteiger partial charge in [-0.05, 0) is 53.1 Å². The molecule has 192 valence electrons. The van der Waals surface area contributed by atoms with Crippen LogP contribution in [0.5, 0.6) is 0 Å². The summed E-state index contributed by atoms with van der Waals surface area (Å²) in [4.78, 5) is 10.00. The summed E-state index contributed by atoms with van der Waals surface area (Å²) in [6.07, 6.45) is 2.01. The zero-order chi connectivity index (χ0) is 27.2. The van der Waals surface area contributed by atoms with Crippen LogP contribution in [0.25, 0.3) is 72.2 Å². The minimum Gasteiger partial charge on any atom is -0.306 e. The fourth-order valence-electron chi connectivity index (χ4n) is 5.90. The Labute approximate surface area is 238 Å². The first kappa shape index (κ1) is 23.4. The molecule has 0 unspecified atom stereocenters. The molecule has 0 amide bonds. The zero-order valence-corrected chi connectivity index (χ0v) is 22.3. The molecule has 0 aliphatic rings. The molecule has 0 saturated heterocycles. The number of aromatic nitrogens is 3. The van der Waals surface area contributed by atoms with Crippen LogP contribution in [-0.4, -0.2) is 14.4 Å². The van der Waals surface area contributed by atoms with E-state index >= 15 is 0 Å². The zero-order valence-electron chi connectivity index (χ0n) is 22.3. The summed E-state index contributed by atoms with van der Waals surface area (Å²) in [5, 5.41) is 1.21. The maximum atomic E-state index is 5.17. The van der Waals surface area contributed by atoms with Crippen molar-refractivity contribution in [3.05, 3.63) is 152 Å². The van der Waals surface area contributed by atoms with Crippen LogP contribution in [-0.2, 0) is 0 Å². The van der Waals surface area contributed by atoms with E-state index < -0.39 is 0 Å². The Hall–Kier alpha value is -5.54. The predicted molar refractivity (Wildman–Crippen MR) is 170 cm³/mol.